The van der Waals surface area contributed by atoms with Crippen LogP contribution in [-0.2, 0) is 16.1 Å². The third-order valence-electron chi connectivity index (χ3n) is 4.14. The summed E-state index contributed by atoms with van der Waals surface area (Å²) in [7, 11) is 2.96. The Morgan fingerprint density at radius 3 is 2.39 bits per heavy atom. The minimum atomic E-state index is -0.973. The van der Waals surface area contributed by atoms with Crippen molar-refractivity contribution in [3.63, 3.8) is 0 Å². The molecule has 0 fully saturated rings. The Labute approximate surface area is 162 Å². The standard InChI is InChI=1S/C20H21NO7/c1-12(28-20(23)14-7-15(24-2)9-16(8-14)25-3)19(22)21-10-13-4-5-17-18(6-13)27-11-26-17/h4-9,12H,10-11H2,1-3H3,(H,21,22)/t12-/m1/s1. The van der Waals surface area contributed by atoms with E-state index < -0.39 is 18.0 Å². The molecule has 1 aliphatic rings. The number of amides is 1. The molecule has 1 aliphatic heterocycles. The summed E-state index contributed by atoms with van der Waals surface area (Å²) in [4.78, 5) is 24.6. The van der Waals surface area contributed by atoms with Crippen molar-refractivity contribution < 1.29 is 33.3 Å². The molecule has 2 aromatic rings. The first-order valence-corrected chi connectivity index (χ1v) is 8.60. The Morgan fingerprint density at radius 2 is 1.71 bits per heavy atom. The largest absolute Gasteiger partial charge is 0.497 e. The summed E-state index contributed by atoms with van der Waals surface area (Å²) in [6.07, 6.45) is -0.973. The molecule has 0 bridgehead atoms. The van der Waals surface area contributed by atoms with Gasteiger partial charge in [-0.25, -0.2) is 4.79 Å². The van der Waals surface area contributed by atoms with E-state index in [1.165, 1.54) is 33.3 Å². The second kappa shape index (κ2) is 8.51. The van der Waals surface area contributed by atoms with E-state index in [-0.39, 0.29) is 18.9 Å². The van der Waals surface area contributed by atoms with Crippen molar-refractivity contribution in [2.75, 3.05) is 21.0 Å². The van der Waals surface area contributed by atoms with E-state index in [2.05, 4.69) is 5.32 Å². The third-order valence-corrected chi connectivity index (χ3v) is 4.14. The van der Waals surface area contributed by atoms with E-state index in [1.807, 2.05) is 6.07 Å². The van der Waals surface area contributed by atoms with Crippen LogP contribution in [0.2, 0.25) is 0 Å². The fourth-order valence-electron chi connectivity index (χ4n) is 2.59. The van der Waals surface area contributed by atoms with E-state index in [0.29, 0.717) is 23.0 Å². The number of esters is 1. The third kappa shape index (κ3) is 4.46. The van der Waals surface area contributed by atoms with E-state index in [9.17, 15) is 9.59 Å². The Kier molecular flexibility index (Phi) is 5.88. The first-order valence-electron chi connectivity index (χ1n) is 8.60. The van der Waals surface area contributed by atoms with Crippen molar-refractivity contribution in [3.05, 3.63) is 47.5 Å². The zero-order valence-corrected chi connectivity index (χ0v) is 15.8. The molecule has 148 valence electrons. The van der Waals surface area contributed by atoms with Crippen LogP contribution in [-0.4, -0.2) is 39.0 Å². The quantitative estimate of drug-likeness (QED) is 0.729. The molecule has 2 aromatic carbocycles. The molecule has 0 spiro atoms. The topological polar surface area (TPSA) is 92.3 Å². The molecule has 1 amide bonds. The van der Waals surface area contributed by atoms with Crippen molar-refractivity contribution in [1.29, 1.82) is 0 Å². The maximum absolute atomic E-state index is 12.4. The molecule has 0 radical (unpaired) electrons. The van der Waals surface area contributed by atoms with Crippen LogP contribution in [0.3, 0.4) is 0 Å². The van der Waals surface area contributed by atoms with Crippen molar-refractivity contribution in [3.8, 4) is 23.0 Å². The summed E-state index contributed by atoms with van der Waals surface area (Å²) < 4.78 is 26.1. The molecule has 3 rings (SSSR count). The molecular formula is C20H21NO7. The number of fused-ring (bicyclic) bond motifs is 1. The lowest BCUT2D eigenvalue weighted by Gasteiger charge is -2.14. The molecular weight excluding hydrogens is 366 g/mol. The van der Waals surface area contributed by atoms with Crippen molar-refractivity contribution >= 4 is 11.9 Å². The van der Waals surface area contributed by atoms with Crippen molar-refractivity contribution in [2.24, 2.45) is 0 Å². The fraction of sp³-hybridized carbons (Fsp3) is 0.300. The molecule has 1 heterocycles. The normalized spacial score (nSPS) is 12.8. The van der Waals surface area contributed by atoms with Gasteiger partial charge in [-0.3, -0.25) is 4.79 Å². The van der Waals surface area contributed by atoms with Gasteiger partial charge in [0, 0.05) is 12.6 Å². The van der Waals surface area contributed by atoms with Gasteiger partial charge >= 0.3 is 5.97 Å². The summed E-state index contributed by atoms with van der Waals surface area (Å²) in [5.74, 6) is 1.14. The first-order chi connectivity index (χ1) is 13.5. The van der Waals surface area contributed by atoms with Gasteiger partial charge in [0.2, 0.25) is 6.79 Å². The highest BCUT2D eigenvalue weighted by Gasteiger charge is 2.20. The maximum atomic E-state index is 12.4. The molecule has 8 heteroatoms. The summed E-state index contributed by atoms with van der Waals surface area (Å²) in [6.45, 7) is 1.96. The number of rotatable bonds is 7. The molecule has 1 N–H and O–H groups in total. The minimum absolute atomic E-state index is 0.188. The van der Waals surface area contributed by atoms with Gasteiger partial charge in [0.05, 0.1) is 19.8 Å². The minimum Gasteiger partial charge on any atom is -0.497 e. The Hall–Kier alpha value is -3.42. The molecule has 0 unspecified atom stereocenters. The highest BCUT2D eigenvalue weighted by atomic mass is 16.7. The van der Waals surface area contributed by atoms with Crippen LogP contribution in [0.4, 0.5) is 0 Å². The lowest BCUT2D eigenvalue weighted by Crippen LogP contribution is -2.35. The van der Waals surface area contributed by atoms with Crippen LogP contribution in [0.25, 0.3) is 0 Å². The first kappa shape index (κ1) is 19.3. The summed E-state index contributed by atoms with van der Waals surface area (Å²) in [6, 6.07) is 10.1. The van der Waals surface area contributed by atoms with Crippen LogP contribution >= 0.6 is 0 Å². The Bertz CT molecular complexity index is 859. The number of hydrogen-bond acceptors (Lipinski definition) is 7. The van der Waals surface area contributed by atoms with Crippen LogP contribution in [0.15, 0.2) is 36.4 Å². The number of methoxy groups -OCH3 is 2. The van der Waals surface area contributed by atoms with E-state index in [1.54, 1.807) is 18.2 Å². The van der Waals surface area contributed by atoms with E-state index in [4.69, 9.17) is 23.7 Å². The molecule has 0 saturated carbocycles. The van der Waals surface area contributed by atoms with Crippen LogP contribution in [0.1, 0.15) is 22.8 Å². The molecule has 1 atom stereocenters. The van der Waals surface area contributed by atoms with Gasteiger partial charge in [-0.15, -0.1) is 0 Å². The number of carbonyl (C=O) groups excluding carboxylic acids is 2. The Morgan fingerprint density at radius 1 is 1.04 bits per heavy atom. The number of ether oxygens (including phenoxy) is 5. The predicted octanol–water partition coefficient (Wildman–Crippen LogP) is 2.29. The van der Waals surface area contributed by atoms with Gasteiger partial charge in [-0.2, -0.15) is 0 Å². The predicted molar refractivity (Wildman–Crippen MR) is 98.8 cm³/mol. The van der Waals surface area contributed by atoms with Gasteiger partial charge in [0.15, 0.2) is 17.6 Å². The van der Waals surface area contributed by atoms with Gasteiger partial charge < -0.3 is 29.0 Å². The van der Waals surface area contributed by atoms with Crippen LogP contribution in [0, 0.1) is 0 Å². The van der Waals surface area contributed by atoms with Crippen LogP contribution in [0.5, 0.6) is 23.0 Å². The monoisotopic (exact) mass is 387 g/mol. The summed E-state index contributed by atoms with van der Waals surface area (Å²) in [5.41, 5.74) is 1.07. The zero-order valence-electron chi connectivity index (χ0n) is 15.8. The lowest BCUT2D eigenvalue weighted by molar-refractivity contribution is -0.129. The maximum Gasteiger partial charge on any atom is 0.339 e. The fourth-order valence-corrected chi connectivity index (χ4v) is 2.59. The van der Waals surface area contributed by atoms with Crippen LogP contribution < -0.4 is 24.3 Å². The van der Waals surface area contributed by atoms with E-state index >= 15 is 0 Å². The zero-order chi connectivity index (χ0) is 20.1. The molecule has 28 heavy (non-hydrogen) atoms. The van der Waals surface area contributed by atoms with Crippen molar-refractivity contribution in [2.45, 2.75) is 19.6 Å². The van der Waals surface area contributed by atoms with Gasteiger partial charge in [0.1, 0.15) is 11.5 Å². The number of nitrogens with one attached hydrogen (secondary N) is 1. The highest BCUT2D eigenvalue weighted by Crippen LogP contribution is 2.32. The average molecular weight is 387 g/mol. The second-order valence-electron chi connectivity index (χ2n) is 6.05. The smallest absolute Gasteiger partial charge is 0.339 e. The van der Waals surface area contributed by atoms with Gasteiger partial charge in [-0.05, 0) is 36.8 Å². The molecule has 0 aliphatic carbocycles. The summed E-state index contributed by atoms with van der Waals surface area (Å²) >= 11 is 0. The second-order valence-corrected chi connectivity index (χ2v) is 6.05. The molecule has 0 aromatic heterocycles. The van der Waals surface area contributed by atoms with E-state index in [0.717, 1.165) is 5.56 Å². The number of hydrogen-bond donors (Lipinski definition) is 1. The highest BCUT2D eigenvalue weighted by molar-refractivity contribution is 5.93. The van der Waals surface area contributed by atoms with Crippen molar-refractivity contribution in [1.82, 2.24) is 5.32 Å². The Balaban J connectivity index is 1.57. The molecule has 8 nitrogen and oxygen atoms in total. The SMILES string of the molecule is COc1cc(OC)cc(C(=O)O[C@H](C)C(=O)NCc2ccc3c(c2)OCO3)c1. The average Bonchev–Trinajstić information content (AvgIpc) is 3.19. The number of carbonyl (C=O) groups is 2. The summed E-state index contributed by atoms with van der Waals surface area (Å²) in [5, 5.41) is 2.73. The lowest BCUT2D eigenvalue weighted by atomic mass is 10.2. The number of benzene rings is 2. The van der Waals surface area contributed by atoms with Gasteiger partial charge in [-0.1, -0.05) is 6.07 Å². The van der Waals surface area contributed by atoms with Gasteiger partial charge in [0.25, 0.3) is 5.91 Å². The molecule has 0 saturated heterocycles.